The summed E-state index contributed by atoms with van der Waals surface area (Å²) in [5.74, 6) is 1.15. The Hall–Kier alpha value is -1.87. The van der Waals surface area contributed by atoms with Gasteiger partial charge in [-0.15, -0.1) is 21.5 Å². The summed E-state index contributed by atoms with van der Waals surface area (Å²) in [6.45, 7) is 2.15. The molecule has 3 amide bonds. The second kappa shape index (κ2) is 8.65. The Morgan fingerprint density at radius 1 is 1.25 bits per heavy atom. The van der Waals surface area contributed by atoms with E-state index in [0.717, 1.165) is 48.0 Å². The summed E-state index contributed by atoms with van der Waals surface area (Å²) in [6, 6.07) is 4.20. The third-order valence-corrected chi connectivity index (χ3v) is 7.14. The second-order valence-corrected chi connectivity index (χ2v) is 9.45. The van der Waals surface area contributed by atoms with Gasteiger partial charge in [-0.25, -0.2) is 4.79 Å². The monoisotopic (exact) mass is 419 g/mol. The number of aromatic nitrogens is 3. The SMILES string of the molecule is C[C@H]1CCCC[C@H]1NC(=O)NC(=O)CSc1nnc(-c2cccs2)n1C1CC1. The van der Waals surface area contributed by atoms with Gasteiger partial charge in [0, 0.05) is 12.1 Å². The zero-order valence-electron chi connectivity index (χ0n) is 15.9. The first-order valence-corrected chi connectivity index (χ1v) is 11.7. The summed E-state index contributed by atoms with van der Waals surface area (Å²) in [5, 5.41) is 16.8. The van der Waals surface area contributed by atoms with Crippen LogP contribution in [0, 0.1) is 5.92 Å². The number of rotatable bonds is 6. The fourth-order valence-corrected chi connectivity index (χ4v) is 5.15. The minimum atomic E-state index is -0.396. The number of urea groups is 1. The van der Waals surface area contributed by atoms with Crippen molar-refractivity contribution in [3.8, 4) is 10.7 Å². The normalized spacial score (nSPS) is 22.0. The minimum Gasteiger partial charge on any atom is -0.335 e. The van der Waals surface area contributed by atoms with E-state index in [1.807, 2.05) is 17.5 Å². The Balaban J connectivity index is 1.32. The first-order valence-electron chi connectivity index (χ1n) is 9.83. The number of amides is 3. The molecule has 0 aliphatic heterocycles. The van der Waals surface area contributed by atoms with Gasteiger partial charge in [-0.3, -0.25) is 14.7 Å². The van der Waals surface area contributed by atoms with Gasteiger partial charge in [0.25, 0.3) is 0 Å². The van der Waals surface area contributed by atoms with Crippen LogP contribution in [0.1, 0.15) is 51.5 Å². The topological polar surface area (TPSA) is 88.9 Å². The van der Waals surface area contributed by atoms with E-state index in [4.69, 9.17) is 0 Å². The molecule has 0 bridgehead atoms. The van der Waals surface area contributed by atoms with Crippen LogP contribution in [0.25, 0.3) is 10.7 Å². The van der Waals surface area contributed by atoms with Crippen molar-refractivity contribution in [3.05, 3.63) is 17.5 Å². The van der Waals surface area contributed by atoms with Gasteiger partial charge in [-0.2, -0.15) is 0 Å². The molecule has 2 atom stereocenters. The van der Waals surface area contributed by atoms with Crippen LogP contribution in [0.15, 0.2) is 22.7 Å². The van der Waals surface area contributed by atoms with E-state index in [1.54, 1.807) is 11.3 Å². The first-order chi connectivity index (χ1) is 13.6. The number of nitrogens with zero attached hydrogens (tertiary/aromatic N) is 3. The van der Waals surface area contributed by atoms with Gasteiger partial charge in [0.15, 0.2) is 11.0 Å². The van der Waals surface area contributed by atoms with Crippen LogP contribution in [0.3, 0.4) is 0 Å². The van der Waals surface area contributed by atoms with Crippen LogP contribution in [0.4, 0.5) is 4.79 Å². The number of nitrogens with one attached hydrogen (secondary N) is 2. The van der Waals surface area contributed by atoms with Crippen molar-refractivity contribution in [2.75, 3.05) is 5.75 Å². The van der Waals surface area contributed by atoms with Crippen LogP contribution in [0.5, 0.6) is 0 Å². The number of imide groups is 1. The summed E-state index contributed by atoms with van der Waals surface area (Å²) in [6.07, 6.45) is 6.66. The van der Waals surface area contributed by atoms with E-state index in [9.17, 15) is 9.59 Å². The predicted molar refractivity (Wildman–Crippen MR) is 110 cm³/mol. The number of carbonyl (C=O) groups is 2. The summed E-state index contributed by atoms with van der Waals surface area (Å²) in [7, 11) is 0. The molecule has 150 valence electrons. The Morgan fingerprint density at radius 3 is 2.79 bits per heavy atom. The molecule has 0 aromatic carbocycles. The molecule has 2 saturated carbocycles. The van der Waals surface area contributed by atoms with Crippen molar-refractivity contribution < 1.29 is 9.59 Å². The molecule has 9 heteroatoms. The summed E-state index contributed by atoms with van der Waals surface area (Å²) in [5.41, 5.74) is 0. The second-order valence-electron chi connectivity index (χ2n) is 7.56. The number of hydrogen-bond donors (Lipinski definition) is 2. The Bertz CT molecular complexity index is 832. The molecule has 2 aliphatic rings. The smallest absolute Gasteiger partial charge is 0.321 e. The summed E-state index contributed by atoms with van der Waals surface area (Å²) >= 11 is 2.97. The molecule has 2 N–H and O–H groups in total. The van der Waals surface area contributed by atoms with Crippen molar-refractivity contribution in [2.45, 2.75) is 62.7 Å². The molecular weight excluding hydrogens is 394 g/mol. The van der Waals surface area contributed by atoms with Gasteiger partial charge in [-0.1, -0.05) is 37.6 Å². The highest BCUT2D eigenvalue weighted by molar-refractivity contribution is 7.99. The molecule has 0 spiro atoms. The first kappa shape index (κ1) is 19.4. The molecule has 2 aliphatic carbocycles. The molecule has 0 radical (unpaired) electrons. The molecule has 0 saturated heterocycles. The molecule has 2 fully saturated rings. The molecule has 0 unspecified atom stereocenters. The highest BCUT2D eigenvalue weighted by Crippen LogP contribution is 2.41. The van der Waals surface area contributed by atoms with Crippen LogP contribution in [-0.2, 0) is 4.79 Å². The fourth-order valence-electron chi connectivity index (χ4n) is 3.64. The van der Waals surface area contributed by atoms with Crippen molar-refractivity contribution in [3.63, 3.8) is 0 Å². The van der Waals surface area contributed by atoms with Crippen LogP contribution < -0.4 is 10.6 Å². The molecule has 7 nitrogen and oxygen atoms in total. The van der Waals surface area contributed by atoms with Gasteiger partial charge in [0.05, 0.1) is 10.6 Å². The van der Waals surface area contributed by atoms with Crippen molar-refractivity contribution in [1.82, 2.24) is 25.4 Å². The average Bonchev–Trinajstić information content (AvgIpc) is 3.19. The largest absolute Gasteiger partial charge is 0.335 e. The van der Waals surface area contributed by atoms with Crippen molar-refractivity contribution >= 4 is 35.0 Å². The lowest BCUT2D eigenvalue weighted by Gasteiger charge is -2.29. The van der Waals surface area contributed by atoms with E-state index in [2.05, 4.69) is 32.3 Å². The maximum atomic E-state index is 12.2. The lowest BCUT2D eigenvalue weighted by molar-refractivity contribution is -0.117. The minimum absolute atomic E-state index is 0.142. The zero-order valence-corrected chi connectivity index (χ0v) is 17.5. The fraction of sp³-hybridized carbons (Fsp3) is 0.579. The van der Waals surface area contributed by atoms with Gasteiger partial charge in [0.1, 0.15) is 0 Å². The van der Waals surface area contributed by atoms with Gasteiger partial charge in [0.2, 0.25) is 5.91 Å². The van der Waals surface area contributed by atoms with Gasteiger partial charge in [-0.05, 0) is 43.0 Å². The third kappa shape index (κ3) is 4.57. The highest BCUT2D eigenvalue weighted by Gasteiger charge is 2.31. The lowest BCUT2D eigenvalue weighted by Crippen LogP contribution is -2.48. The standard InChI is InChI=1S/C19H25N5O2S2/c1-12-5-2-3-6-14(12)20-18(26)21-16(25)11-28-19-23-22-17(15-7-4-10-27-15)24(19)13-8-9-13/h4,7,10,12-14H,2-3,5-6,8-9,11H2,1H3,(H2,20,21,25,26)/t12-,14+/m0/s1. The molecule has 28 heavy (non-hydrogen) atoms. The number of carbonyl (C=O) groups excluding carboxylic acids is 2. The average molecular weight is 420 g/mol. The number of thioether (sulfide) groups is 1. The quantitative estimate of drug-likeness (QED) is 0.695. The van der Waals surface area contributed by atoms with E-state index in [1.165, 1.54) is 18.2 Å². The van der Waals surface area contributed by atoms with Crippen LogP contribution in [0.2, 0.25) is 0 Å². The lowest BCUT2D eigenvalue weighted by atomic mass is 9.86. The molecule has 2 aromatic heterocycles. The van der Waals surface area contributed by atoms with Gasteiger partial charge >= 0.3 is 6.03 Å². The van der Waals surface area contributed by atoms with Crippen LogP contribution in [-0.4, -0.2) is 38.5 Å². The Labute approximate surface area is 172 Å². The number of hydrogen-bond acceptors (Lipinski definition) is 6. The maximum absolute atomic E-state index is 12.2. The Kier molecular flexibility index (Phi) is 6.01. The molecule has 2 heterocycles. The van der Waals surface area contributed by atoms with Crippen molar-refractivity contribution in [2.24, 2.45) is 5.92 Å². The van der Waals surface area contributed by atoms with Crippen molar-refractivity contribution in [1.29, 1.82) is 0 Å². The van der Waals surface area contributed by atoms with Crippen LogP contribution >= 0.6 is 23.1 Å². The molecule has 2 aromatic rings. The molecule has 4 rings (SSSR count). The highest BCUT2D eigenvalue weighted by atomic mass is 32.2. The Morgan fingerprint density at radius 2 is 2.07 bits per heavy atom. The zero-order chi connectivity index (χ0) is 19.5. The maximum Gasteiger partial charge on any atom is 0.321 e. The van der Waals surface area contributed by atoms with Gasteiger partial charge < -0.3 is 5.32 Å². The van der Waals surface area contributed by atoms with E-state index < -0.39 is 6.03 Å². The van der Waals surface area contributed by atoms with E-state index >= 15 is 0 Å². The van der Waals surface area contributed by atoms with E-state index in [0.29, 0.717) is 12.0 Å². The van der Waals surface area contributed by atoms with E-state index in [-0.39, 0.29) is 17.7 Å². The predicted octanol–water partition coefficient (Wildman–Crippen LogP) is 3.84. The molecular formula is C19H25N5O2S2. The summed E-state index contributed by atoms with van der Waals surface area (Å²) in [4.78, 5) is 25.5. The third-order valence-electron chi connectivity index (χ3n) is 5.33. The number of thiophene rings is 1. The summed E-state index contributed by atoms with van der Waals surface area (Å²) < 4.78 is 2.13.